The van der Waals surface area contributed by atoms with Crippen LogP contribution < -0.4 is 0 Å². The monoisotopic (exact) mass is 506 g/mol. The molecule has 0 aromatic heterocycles. The van der Waals surface area contributed by atoms with Crippen LogP contribution in [0.25, 0.3) is 0 Å². The summed E-state index contributed by atoms with van der Waals surface area (Å²) in [6.07, 6.45) is 4.21. The maximum absolute atomic E-state index is 11.8. The van der Waals surface area contributed by atoms with Gasteiger partial charge in [0, 0.05) is 5.41 Å². The normalized spacial score (nSPS) is 58.1. The van der Waals surface area contributed by atoms with E-state index in [1.165, 1.54) is 5.57 Å². The third kappa shape index (κ3) is 2.95. The van der Waals surface area contributed by atoms with Crippen LogP contribution >= 0.6 is 0 Å². The van der Waals surface area contributed by atoms with Gasteiger partial charge in [0.2, 0.25) is 0 Å². The van der Waals surface area contributed by atoms with Crippen LogP contribution in [-0.2, 0) is 0 Å². The minimum atomic E-state index is -1.19. The lowest BCUT2D eigenvalue weighted by molar-refractivity contribution is -0.259. The molecule has 0 aromatic carbocycles. The summed E-state index contributed by atoms with van der Waals surface area (Å²) in [6, 6.07) is 0. The summed E-state index contributed by atoms with van der Waals surface area (Å²) in [5.41, 5.74) is -1.40. The van der Waals surface area contributed by atoms with E-state index in [9.17, 15) is 30.6 Å². The summed E-state index contributed by atoms with van der Waals surface area (Å²) < 4.78 is 0. The fraction of sp³-hybridized carbons (Fsp3) is 0.933. The molecule has 0 bridgehead atoms. The number of allylic oxidation sites excluding steroid dienone is 2. The van der Waals surface area contributed by atoms with Gasteiger partial charge in [0.15, 0.2) is 0 Å². The predicted molar refractivity (Wildman–Crippen MR) is 138 cm³/mol. The van der Waals surface area contributed by atoms with Crippen LogP contribution in [0.1, 0.15) is 86.5 Å². The van der Waals surface area contributed by atoms with E-state index in [0.717, 1.165) is 25.7 Å². The molecule has 0 heterocycles. The molecule has 12 atom stereocenters. The van der Waals surface area contributed by atoms with Gasteiger partial charge in [-0.25, -0.2) is 0 Å². The molecule has 5 aliphatic carbocycles. The fourth-order valence-electron chi connectivity index (χ4n) is 10.9. The molecule has 6 N–H and O–H groups in total. The Bertz CT molecular complexity index is 932. The first-order valence-corrected chi connectivity index (χ1v) is 14.2. The second-order valence-electron chi connectivity index (χ2n) is 15.1. The molecular weight excluding hydrogens is 456 g/mol. The van der Waals surface area contributed by atoms with Crippen LogP contribution in [0.4, 0.5) is 0 Å². The van der Waals surface area contributed by atoms with Gasteiger partial charge in [0.25, 0.3) is 0 Å². The van der Waals surface area contributed by atoms with Crippen molar-refractivity contribution in [3.8, 4) is 0 Å². The van der Waals surface area contributed by atoms with Gasteiger partial charge in [-0.3, -0.25) is 0 Å². The summed E-state index contributed by atoms with van der Waals surface area (Å²) >= 11 is 0. The molecule has 36 heavy (non-hydrogen) atoms. The Balaban J connectivity index is 1.63. The topological polar surface area (TPSA) is 121 Å². The van der Waals surface area contributed by atoms with Gasteiger partial charge in [-0.15, -0.1) is 0 Å². The number of aliphatic hydroxyl groups excluding tert-OH is 6. The SMILES string of the molecule is CC1(C)C[C@H]2C3=CC[C@@H]4[C@](C)(CCC5[C@](C)(CO)[C@H](O)CC[C@]54C)[C@@]3(C)C[C@H](O)[C@]2(CO)[C@H](O)[C@H]1O. The zero-order valence-corrected chi connectivity index (χ0v) is 23.2. The third-order valence-corrected chi connectivity index (χ3v) is 13.5. The second-order valence-corrected chi connectivity index (χ2v) is 15.1. The summed E-state index contributed by atoms with van der Waals surface area (Å²) in [5, 5.41) is 66.1. The van der Waals surface area contributed by atoms with Crippen molar-refractivity contribution in [1.29, 1.82) is 0 Å². The maximum atomic E-state index is 11.8. The number of aliphatic hydroxyl groups is 6. The molecule has 6 nitrogen and oxygen atoms in total. The molecule has 4 fully saturated rings. The van der Waals surface area contributed by atoms with Gasteiger partial charge < -0.3 is 30.6 Å². The first-order chi connectivity index (χ1) is 16.6. The quantitative estimate of drug-likeness (QED) is 0.320. The van der Waals surface area contributed by atoms with E-state index in [4.69, 9.17) is 0 Å². The van der Waals surface area contributed by atoms with Crippen molar-refractivity contribution in [2.24, 2.45) is 50.2 Å². The van der Waals surface area contributed by atoms with Crippen molar-refractivity contribution >= 4 is 0 Å². The number of fused-ring (bicyclic) bond motifs is 7. The van der Waals surface area contributed by atoms with E-state index < -0.39 is 40.7 Å². The zero-order valence-electron chi connectivity index (χ0n) is 23.2. The van der Waals surface area contributed by atoms with Crippen LogP contribution in [0, 0.1) is 50.2 Å². The van der Waals surface area contributed by atoms with Crippen LogP contribution in [0.2, 0.25) is 0 Å². The third-order valence-electron chi connectivity index (χ3n) is 13.5. The molecule has 4 saturated carbocycles. The van der Waals surface area contributed by atoms with E-state index in [1.54, 1.807) is 0 Å². The summed E-state index contributed by atoms with van der Waals surface area (Å²) in [7, 11) is 0. The van der Waals surface area contributed by atoms with E-state index in [1.807, 2.05) is 13.8 Å². The lowest BCUT2D eigenvalue weighted by Crippen LogP contribution is -2.71. The molecule has 0 radical (unpaired) electrons. The number of hydrogen-bond acceptors (Lipinski definition) is 6. The smallest absolute Gasteiger partial charge is 0.0913 e. The number of rotatable bonds is 2. The maximum Gasteiger partial charge on any atom is 0.0913 e. The van der Waals surface area contributed by atoms with Crippen LogP contribution in [0.15, 0.2) is 11.6 Å². The molecule has 0 spiro atoms. The van der Waals surface area contributed by atoms with Crippen molar-refractivity contribution in [1.82, 2.24) is 0 Å². The van der Waals surface area contributed by atoms with E-state index in [-0.39, 0.29) is 41.3 Å². The van der Waals surface area contributed by atoms with Crippen molar-refractivity contribution in [3.05, 3.63) is 11.6 Å². The minimum absolute atomic E-state index is 0.00861. The van der Waals surface area contributed by atoms with Gasteiger partial charge >= 0.3 is 0 Å². The highest BCUT2D eigenvalue weighted by Crippen LogP contribution is 2.75. The van der Waals surface area contributed by atoms with Gasteiger partial charge in [0.1, 0.15) is 0 Å². The fourth-order valence-corrected chi connectivity index (χ4v) is 10.9. The standard InChI is InChI=1S/C30H50O6/c1-25(2)13-18-17-7-8-20-26(3)11-10-21(33)27(4,15-31)19(26)9-12-28(20,5)29(17,6)14-22(34)30(18,16-32)24(36)23(25)35/h7,18-24,31-36H,8-16H2,1-6H3/t18-,19?,20-,21+,22-,23+,24+,26+,27-,28-,29-,30+/m0/s1. The van der Waals surface area contributed by atoms with Crippen LogP contribution in [-0.4, -0.2) is 68.3 Å². The molecule has 1 unspecified atom stereocenters. The Morgan fingerprint density at radius 3 is 2.06 bits per heavy atom. The van der Waals surface area contributed by atoms with E-state index in [2.05, 4.69) is 33.8 Å². The Labute approximate surface area is 216 Å². The predicted octanol–water partition coefficient (Wildman–Crippen LogP) is 3.03. The highest BCUT2D eigenvalue weighted by Gasteiger charge is 2.72. The average Bonchev–Trinajstić information content (AvgIpc) is 2.81. The Kier molecular flexibility index (Phi) is 6.03. The van der Waals surface area contributed by atoms with Crippen molar-refractivity contribution in [2.45, 2.75) is 111 Å². The van der Waals surface area contributed by atoms with Gasteiger partial charge in [-0.2, -0.15) is 0 Å². The molecule has 0 saturated heterocycles. The lowest BCUT2D eigenvalue weighted by atomic mass is 9.33. The lowest BCUT2D eigenvalue weighted by Gasteiger charge is -2.72. The summed E-state index contributed by atoms with van der Waals surface area (Å²) in [4.78, 5) is 0. The van der Waals surface area contributed by atoms with Crippen LogP contribution in [0.5, 0.6) is 0 Å². The highest BCUT2D eigenvalue weighted by molar-refractivity contribution is 5.36. The molecule has 5 rings (SSSR count). The Morgan fingerprint density at radius 2 is 1.44 bits per heavy atom. The molecule has 0 aromatic rings. The highest BCUT2D eigenvalue weighted by atomic mass is 16.3. The molecular formula is C30H50O6. The largest absolute Gasteiger partial charge is 0.396 e. The number of hydrogen-bond donors (Lipinski definition) is 6. The molecule has 0 amide bonds. The second kappa shape index (κ2) is 8.02. The van der Waals surface area contributed by atoms with E-state index in [0.29, 0.717) is 25.2 Å². The van der Waals surface area contributed by atoms with Gasteiger partial charge in [-0.1, -0.05) is 53.2 Å². The molecule has 206 valence electrons. The summed E-state index contributed by atoms with van der Waals surface area (Å²) in [6.45, 7) is 12.7. The molecule has 0 aliphatic heterocycles. The zero-order chi connectivity index (χ0) is 26.7. The van der Waals surface area contributed by atoms with Gasteiger partial charge in [-0.05, 0) is 84.4 Å². The Hall–Kier alpha value is -0.500. The van der Waals surface area contributed by atoms with Crippen LogP contribution in [0.3, 0.4) is 0 Å². The first-order valence-electron chi connectivity index (χ1n) is 14.2. The minimum Gasteiger partial charge on any atom is -0.396 e. The average molecular weight is 507 g/mol. The van der Waals surface area contributed by atoms with Crippen molar-refractivity contribution in [2.75, 3.05) is 13.2 Å². The summed E-state index contributed by atoms with van der Waals surface area (Å²) in [5.74, 6) is 0.367. The van der Waals surface area contributed by atoms with Crippen molar-refractivity contribution < 1.29 is 30.6 Å². The molecule has 5 aliphatic rings. The van der Waals surface area contributed by atoms with Crippen molar-refractivity contribution in [3.63, 3.8) is 0 Å². The Morgan fingerprint density at radius 1 is 0.778 bits per heavy atom. The van der Waals surface area contributed by atoms with E-state index >= 15 is 0 Å². The van der Waals surface area contributed by atoms with Gasteiger partial charge in [0.05, 0.1) is 43.0 Å². The first kappa shape index (κ1) is 27.1. The molecule has 6 heteroatoms.